The van der Waals surface area contributed by atoms with Gasteiger partial charge in [0, 0.05) is 58.5 Å². The van der Waals surface area contributed by atoms with Crippen molar-refractivity contribution in [3.8, 4) is 22.3 Å². The van der Waals surface area contributed by atoms with Gasteiger partial charge in [-0.05, 0) is 80.6 Å². The van der Waals surface area contributed by atoms with Gasteiger partial charge in [0.1, 0.15) is 29.0 Å². The topological polar surface area (TPSA) is 112 Å². The normalized spacial score (nSPS) is 12.5. The van der Waals surface area contributed by atoms with Crippen LogP contribution >= 0.6 is 0 Å². The van der Waals surface area contributed by atoms with E-state index in [0.717, 1.165) is 12.1 Å². The smallest absolute Gasteiger partial charge is 0.305 e. The molecule has 2 atom stereocenters. The molecule has 233 valence electrons. The van der Waals surface area contributed by atoms with Crippen LogP contribution in [0.5, 0.6) is 0 Å². The molecule has 0 saturated carbocycles. The number of nitrogens with one attached hydrogen (secondary N) is 1. The third kappa shape index (κ3) is 8.83. The Morgan fingerprint density at radius 3 is 1.84 bits per heavy atom. The maximum atomic E-state index is 14.6. The van der Waals surface area contributed by atoms with Crippen molar-refractivity contribution in [2.75, 3.05) is 5.32 Å². The number of aliphatic hydroxyl groups excluding tert-OH is 2. The summed E-state index contributed by atoms with van der Waals surface area (Å²) in [5.41, 5.74) is 2.06. The molecule has 0 saturated heterocycles. The quantitative estimate of drug-likeness (QED) is 0.107. The van der Waals surface area contributed by atoms with Crippen LogP contribution in [0.4, 0.5) is 23.2 Å². The molecule has 0 aliphatic heterocycles. The molecule has 7 nitrogen and oxygen atoms in total. The van der Waals surface area contributed by atoms with Crippen molar-refractivity contribution in [2.24, 2.45) is 0 Å². The molecule has 1 heterocycles. The Labute approximate surface area is 279 Å². The van der Waals surface area contributed by atoms with Crippen molar-refractivity contribution in [3.63, 3.8) is 0 Å². The van der Waals surface area contributed by atoms with Crippen LogP contribution in [0, 0.1) is 23.3 Å². The molecule has 0 aliphatic rings. The summed E-state index contributed by atoms with van der Waals surface area (Å²) in [6.45, 7) is 3.60. The summed E-state index contributed by atoms with van der Waals surface area (Å²) in [7, 11) is 0. The number of carbonyl (C=O) groups excluding carboxylic acids is 1. The second kappa shape index (κ2) is 15.7. The van der Waals surface area contributed by atoms with E-state index < -0.39 is 59.8 Å². The van der Waals surface area contributed by atoms with Crippen molar-refractivity contribution in [1.82, 2.24) is 4.57 Å². The first-order valence-electron chi connectivity index (χ1n) is 14.0. The van der Waals surface area contributed by atoms with Crippen LogP contribution in [0.3, 0.4) is 0 Å². The van der Waals surface area contributed by atoms with Crippen molar-refractivity contribution in [1.29, 1.82) is 0 Å². The number of carboxylic acids is 1. The number of aliphatic hydroxyl groups is 2. The number of carboxylic acid groups (broad SMARTS) is 1. The van der Waals surface area contributed by atoms with E-state index >= 15 is 0 Å². The molecule has 12 heteroatoms. The van der Waals surface area contributed by atoms with E-state index in [1.807, 2.05) is 0 Å². The second-order valence-electron chi connectivity index (χ2n) is 10.8. The molecule has 0 fully saturated rings. The Balaban J connectivity index is 0.00000552. The van der Waals surface area contributed by atoms with Crippen molar-refractivity contribution >= 4 is 47.1 Å². The van der Waals surface area contributed by atoms with E-state index in [9.17, 15) is 37.4 Å². The monoisotopic (exact) mass is 635 g/mol. The zero-order valence-corrected chi connectivity index (χ0v) is 27.0. The first-order chi connectivity index (χ1) is 20.8. The number of hydrogen-bond donors (Lipinski definition) is 4. The summed E-state index contributed by atoms with van der Waals surface area (Å²) in [5.74, 6) is -4.82. The molecule has 4 rings (SSSR count). The molecule has 1 radical (unpaired) electrons. The summed E-state index contributed by atoms with van der Waals surface area (Å²) in [5, 5.41) is 32.2. The third-order valence-electron chi connectivity index (χ3n) is 7.15. The van der Waals surface area contributed by atoms with Gasteiger partial charge in [0.25, 0.3) is 5.91 Å². The number of halogens is 4. The summed E-state index contributed by atoms with van der Waals surface area (Å²) in [6, 6.07) is 13.2. The summed E-state index contributed by atoms with van der Waals surface area (Å²) in [4.78, 5) is 25.0. The Morgan fingerprint density at radius 2 is 1.33 bits per heavy atom. The molecular formula is C33H32F4N2NaO5. The van der Waals surface area contributed by atoms with E-state index in [1.54, 1.807) is 18.4 Å². The fourth-order valence-corrected chi connectivity index (χ4v) is 5.29. The zero-order valence-electron chi connectivity index (χ0n) is 25.0. The Kier molecular flexibility index (Phi) is 12.5. The molecular weight excluding hydrogens is 603 g/mol. The minimum Gasteiger partial charge on any atom is -0.481 e. The fourth-order valence-electron chi connectivity index (χ4n) is 5.29. The number of amides is 1. The number of rotatable bonds is 12. The van der Waals surface area contributed by atoms with Crippen LogP contribution in [-0.4, -0.2) is 73.5 Å². The van der Waals surface area contributed by atoms with Gasteiger partial charge in [-0.25, -0.2) is 17.6 Å². The molecule has 1 aromatic heterocycles. The number of carbonyl (C=O) groups is 2. The third-order valence-corrected chi connectivity index (χ3v) is 7.15. The van der Waals surface area contributed by atoms with Gasteiger partial charge in [-0.15, -0.1) is 0 Å². The largest absolute Gasteiger partial charge is 0.481 e. The molecule has 0 spiro atoms. The van der Waals surface area contributed by atoms with Gasteiger partial charge in [0.15, 0.2) is 0 Å². The molecule has 3 aromatic carbocycles. The SMILES string of the molecule is CC(C)n1c(CC[C@@H](O)C[C@@H](O)CC(=O)O)c(-c2ccc(F)cc2)c(-c2ccc(F)cc2)c1C(=O)Nc1ccc(F)cc1F.[Na]. The molecule has 4 aromatic rings. The van der Waals surface area contributed by atoms with Crippen LogP contribution < -0.4 is 5.32 Å². The van der Waals surface area contributed by atoms with Gasteiger partial charge >= 0.3 is 5.97 Å². The van der Waals surface area contributed by atoms with Gasteiger partial charge in [0.2, 0.25) is 0 Å². The molecule has 0 bridgehead atoms. The fraction of sp³-hybridized carbons (Fsp3) is 0.273. The number of anilines is 1. The zero-order chi connectivity index (χ0) is 32.1. The molecule has 0 aliphatic carbocycles. The first-order valence-corrected chi connectivity index (χ1v) is 14.0. The van der Waals surface area contributed by atoms with Crippen LogP contribution in [0.25, 0.3) is 22.3 Å². The molecule has 4 N–H and O–H groups in total. The molecule has 1 amide bonds. The van der Waals surface area contributed by atoms with Gasteiger partial charge in [-0.1, -0.05) is 24.3 Å². The van der Waals surface area contributed by atoms with Crippen molar-refractivity contribution in [3.05, 3.63) is 101 Å². The molecule has 45 heavy (non-hydrogen) atoms. The summed E-state index contributed by atoms with van der Waals surface area (Å²) >= 11 is 0. The van der Waals surface area contributed by atoms with Crippen LogP contribution in [0.15, 0.2) is 66.7 Å². The average molecular weight is 636 g/mol. The predicted octanol–water partition coefficient (Wildman–Crippen LogP) is 6.35. The van der Waals surface area contributed by atoms with Crippen molar-refractivity contribution < 1.29 is 42.5 Å². The molecule has 0 unspecified atom stereocenters. The standard InChI is InChI=1S/C33H32F4N2O5.Na/c1-18(2)39-28(14-12-24(40)16-25(41)17-29(42)43)30(19-3-7-21(34)8-4-19)31(20-5-9-22(35)10-6-20)32(39)33(44)38-27-13-11-23(36)15-26(27)37;/h3-11,13,15,18,24-25,40-41H,12,14,16-17H2,1-2H3,(H,38,44)(H,42,43);/t24-,25-;/m1./s1. The van der Waals surface area contributed by atoms with Crippen LogP contribution in [0.1, 0.15) is 55.3 Å². The van der Waals surface area contributed by atoms with Crippen LogP contribution in [0.2, 0.25) is 0 Å². The van der Waals surface area contributed by atoms with Crippen LogP contribution in [-0.2, 0) is 11.2 Å². The number of benzene rings is 3. The van der Waals surface area contributed by atoms with Gasteiger partial charge in [-0.2, -0.15) is 0 Å². The second-order valence-corrected chi connectivity index (χ2v) is 10.8. The maximum Gasteiger partial charge on any atom is 0.305 e. The number of aliphatic carboxylic acids is 1. The van der Waals surface area contributed by atoms with Gasteiger partial charge in [-0.3, -0.25) is 9.59 Å². The van der Waals surface area contributed by atoms with Gasteiger partial charge in [0.05, 0.1) is 24.3 Å². The van der Waals surface area contributed by atoms with E-state index in [1.165, 1.54) is 48.5 Å². The van der Waals surface area contributed by atoms with E-state index in [2.05, 4.69) is 5.32 Å². The minimum atomic E-state index is -1.28. The maximum absolute atomic E-state index is 14.6. The van der Waals surface area contributed by atoms with Crippen molar-refractivity contribution in [2.45, 2.75) is 57.8 Å². The average Bonchev–Trinajstić information content (AvgIpc) is 3.29. The summed E-state index contributed by atoms with van der Waals surface area (Å²) in [6.07, 6.45) is -2.96. The summed E-state index contributed by atoms with van der Waals surface area (Å²) < 4.78 is 57.9. The predicted molar refractivity (Wildman–Crippen MR) is 163 cm³/mol. The Hall–Kier alpha value is -3.48. The van der Waals surface area contributed by atoms with Gasteiger partial charge < -0.3 is 25.2 Å². The van der Waals surface area contributed by atoms with E-state index in [4.69, 9.17) is 5.11 Å². The number of hydrogen-bond acceptors (Lipinski definition) is 4. The number of aromatic nitrogens is 1. The van der Waals surface area contributed by atoms with E-state index in [0.29, 0.717) is 34.0 Å². The van der Waals surface area contributed by atoms with E-state index in [-0.39, 0.29) is 60.2 Å². The number of nitrogens with zero attached hydrogens (tertiary/aromatic N) is 1. The minimum absolute atomic E-state index is 0. The Bertz CT molecular complexity index is 1640. The Morgan fingerprint density at radius 1 is 0.800 bits per heavy atom. The first kappa shape index (κ1) is 36.0.